The van der Waals surface area contributed by atoms with Crippen molar-refractivity contribution in [2.24, 2.45) is 0 Å². The normalized spacial score (nSPS) is 14.1. The molecule has 0 atom stereocenters. The summed E-state index contributed by atoms with van der Waals surface area (Å²) in [6, 6.07) is 0.600. The van der Waals surface area contributed by atoms with Crippen LogP contribution in [-0.2, 0) is 19.3 Å². The maximum Gasteiger partial charge on any atom is 0.438 e. The van der Waals surface area contributed by atoms with Gasteiger partial charge in [-0.1, -0.05) is 59.3 Å². The molecule has 0 saturated carbocycles. The van der Waals surface area contributed by atoms with Gasteiger partial charge in [-0.25, -0.2) is 4.79 Å². The molecular weight excluding hydrogens is 446 g/mol. The average molecular weight is 475 g/mol. The van der Waals surface area contributed by atoms with Crippen LogP contribution >= 0.6 is 0 Å². The number of hydrogen-bond donors (Lipinski definition) is 1. The third-order valence-electron chi connectivity index (χ3n) is 4.61. The molecule has 0 unspecified atom stereocenters. The Balaban J connectivity index is 6.01. The summed E-state index contributed by atoms with van der Waals surface area (Å²) in [4.78, 5) is 12.0. The highest BCUT2D eigenvalue weighted by atomic mass is 32.2. The summed E-state index contributed by atoms with van der Waals surface area (Å²) in [5.41, 5.74) is 0. The van der Waals surface area contributed by atoms with Crippen molar-refractivity contribution in [2.75, 3.05) is 0 Å². The fourth-order valence-corrected chi connectivity index (χ4v) is 7.78. The van der Waals surface area contributed by atoms with E-state index < -0.39 is 41.5 Å². The quantitative estimate of drug-likeness (QED) is 0.201. The number of carbonyl (C=O) groups is 1. The third kappa shape index (κ3) is 6.33. The highest BCUT2D eigenvalue weighted by Crippen LogP contribution is 2.49. The van der Waals surface area contributed by atoms with Gasteiger partial charge in [0, 0.05) is 0 Å². The fraction of sp³-hybridized carbons (Fsp3) is 0.938. The monoisotopic (exact) mass is 474 g/mol. The topological polar surface area (TPSA) is 80.7 Å². The first-order valence-corrected chi connectivity index (χ1v) is 13.4. The Kier molecular flexibility index (Phi) is 10.2. The molecule has 0 aliphatic carbocycles. The summed E-state index contributed by atoms with van der Waals surface area (Å²) < 4.78 is 116. The van der Waals surface area contributed by atoms with E-state index in [0.29, 0.717) is 38.5 Å². The van der Waals surface area contributed by atoms with Gasteiger partial charge in [0.25, 0.3) is 8.32 Å². The maximum absolute atomic E-state index is 14.1. The van der Waals surface area contributed by atoms with Crippen LogP contribution in [0.2, 0.25) is 18.1 Å². The zero-order chi connectivity index (χ0) is 23.1. The van der Waals surface area contributed by atoms with Gasteiger partial charge in [0.15, 0.2) is 0 Å². The summed E-state index contributed by atoms with van der Waals surface area (Å²) in [5, 5.41) is -6.58. The van der Waals surface area contributed by atoms with E-state index >= 15 is 0 Å². The first kappa shape index (κ1) is 28.2. The summed E-state index contributed by atoms with van der Waals surface area (Å²) in [7, 11) is -10.3. The maximum atomic E-state index is 14.1. The van der Waals surface area contributed by atoms with Crippen LogP contribution in [0.25, 0.3) is 0 Å². The Morgan fingerprint density at radius 3 is 1.48 bits per heavy atom. The Morgan fingerprint density at radius 2 is 1.21 bits per heavy atom. The SMILES string of the molecule is CCCC[Si](CCCC)(CCCC)OC(=O)C(F)(F)C(F)(F)C(F)(F)S(=O)(=O)O. The lowest BCUT2D eigenvalue weighted by molar-refractivity contribution is -0.276. The highest BCUT2D eigenvalue weighted by molar-refractivity contribution is 7.87. The van der Waals surface area contributed by atoms with Crippen molar-refractivity contribution in [2.45, 2.75) is 94.5 Å². The third-order valence-corrected chi connectivity index (χ3v) is 9.92. The van der Waals surface area contributed by atoms with Gasteiger partial charge in [-0.3, -0.25) is 4.55 Å². The molecule has 0 aromatic rings. The number of hydrogen-bond acceptors (Lipinski definition) is 4. The Morgan fingerprint density at radius 1 is 0.862 bits per heavy atom. The lowest BCUT2D eigenvalue weighted by Gasteiger charge is -2.35. The predicted molar refractivity (Wildman–Crippen MR) is 97.4 cm³/mol. The van der Waals surface area contributed by atoms with Gasteiger partial charge >= 0.3 is 33.2 Å². The van der Waals surface area contributed by atoms with Crippen LogP contribution in [0.3, 0.4) is 0 Å². The summed E-state index contributed by atoms with van der Waals surface area (Å²) >= 11 is 0. The van der Waals surface area contributed by atoms with Crippen molar-refractivity contribution < 1.29 is 48.5 Å². The predicted octanol–water partition coefficient (Wildman–Crippen LogP) is 5.63. The van der Waals surface area contributed by atoms with Gasteiger partial charge in [-0.05, 0) is 18.1 Å². The molecule has 0 spiro atoms. The van der Waals surface area contributed by atoms with E-state index in [0.717, 1.165) is 0 Å². The summed E-state index contributed by atoms with van der Waals surface area (Å²) in [6.45, 7) is 5.36. The molecule has 0 amide bonds. The first-order chi connectivity index (χ1) is 13.1. The molecule has 0 rings (SSSR count). The van der Waals surface area contributed by atoms with Crippen molar-refractivity contribution in [1.29, 1.82) is 0 Å². The Bertz CT molecular complexity index is 620. The molecule has 0 heterocycles. The summed E-state index contributed by atoms with van der Waals surface area (Å²) in [6.07, 6.45) is 3.23. The number of alkyl halides is 6. The molecule has 0 aromatic carbocycles. The zero-order valence-electron chi connectivity index (χ0n) is 16.6. The number of unbranched alkanes of at least 4 members (excludes halogenated alkanes) is 3. The smallest absolute Gasteiger partial charge is 0.438 e. The lowest BCUT2D eigenvalue weighted by Crippen LogP contribution is -2.62. The Hall–Kier alpha value is -0.823. The number of rotatable bonds is 14. The van der Waals surface area contributed by atoms with Gasteiger partial charge < -0.3 is 4.43 Å². The fourth-order valence-electron chi connectivity index (χ4n) is 2.76. The second-order valence-electron chi connectivity index (χ2n) is 7.02. The largest absolute Gasteiger partial charge is 0.515 e. The van der Waals surface area contributed by atoms with Crippen molar-refractivity contribution in [3.8, 4) is 0 Å². The molecule has 0 aliphatic rings. The molecular formula is C16H28F6O5SSi. The second-order valence-corrected chi connectivity index (χ2v) is 12.6. The van der Waals surface area contributed by atoms with E-state index in [1.54, 1.807) is 20.8 Å². The standard InChI is InChI=1S/C16H28F6O5SSi/c1-4-7-10-29(11-8-5-2,12-9-6-3)27-13(23)14(17,18)15(19,20)16(21,22)28(24,25)26/h4-12H2,1-3H3,(H,24,25,26). The average Bonchev–Trinajstić information content (AvgIpc) is 2.61. The van der Waals surface area contributed by atoms with Gasteiger partial charge in [0.05, 0.1) is 0 Å². The minimum Gasteiger partial charge on any atom is -0.515 e. The Labute approximate surface area is 168 Å². The molecule has 174 valence electrons. The zero-order valence-corrected chi connectivity index (χ0v) is 18.4. The van der Waals surface area contributed by atoms with E-state index in [1.807, 2.05) is 0 Å². The van der Waals surface area contributed by atoms with Crippen LogP contribution in [0.15, 0.2) is 0 Å². The number of carbonyl (C=O) groups excluding carboxylic acids is 1. The van der Waals surface area contributed by atoms with Gasteiger partial charge in [-0.15, -0.1) is 0 Å². The van der Waals surface area contributed by atoms with E-state index in [2.05, 4.69) is 0 Å². The molecule has 0 aromatic heterocycles. The molecule has 0 fully saturated rings. The lowest BCUT2D eigenvalue weighted by atomic mass is 10.2. The van der Waals surface area contributed by atoms with Crippen LogP contribution in [0.4, 0.5) is 26.3 Å². The molecule has 29 heavy (non-hydrogen) atoms. The molecule has 1 N–H and O–H groups in total. The van der Waals surface area contributed by atoms with E-state index in [-0.39, 0.29) is 18.1 Å². The molecule has 0 saturated heterocycles. The van der Waals surface area contributed by atoms with Gasteiger partial charge in [0.1, 0.15) is 0 Å². The molecule has 5 nitrogen and oxygen atoms in total. The van der Waals surface area contributed by atoms with Gasteiger partial charge in [0.2, 0.25) is 0 Å². The van der Waals surface area contributed by atoms with Gasteiger partial charge in [-0.2, -0.15) is 34.8 Å². The van der Waals surface area contributed by atoms with E-state index in [1.165, 1.54) is 0 Å². The molecule has 0 radical (unpaired) electrons. The van der Waals surface area contributed by atoms with Crippen molar-refractivity contribution in [3.63, 3.8) is 0 Å². The number of halogens is 6. The van der Waals surface area contributed by atoms with Crippen LogP contribution in [0.5, 0.6) is 0 Å². The first-order valence-electron chi connectivity index (χ1n) is 9.40. The van der Waals surface area contributed by atoms with Crippen molar-refractivity contribution >= 4 is 24.4 Å². The highest BCUT2D eigenvalue weighted by Gasteiger charge is 2.81. The van der Waals surface area contributed by atoms with Crippen LogP contribution in [-0.4, -0.2) is 44.4 Å². The van der Waals surface area contributed by atoms with E-state index in [9.17, 15) is 39.6 Å². The van der Waals surface area contributed by atoms with Crippen molar-refractivity contribution in [3.05, 3.63) is 0 Å². The minimum atomic E-state index is -6.92. The molecule has 0 aliphatic heterocycles. The van der Waals surface area contributed by atoms with Crippen LogP contribution in [0, 0.1) is 0 Å². The molecule has 13 heteroatoms. The minimum absolute atomic E-state index is 0.200. The van der Waals surface area contributed by atoms with Crippen LogP contribution < -0.4 is 0 Å². The van der Waals surface area contributed by atoms with E-state index in [4.69, 9.17) is 8.98 Å². The summed E-state index contributed by atoms with van der Waals surface area (Å²) in [5.74, 6) is -15.7. The molecule has 0 bridgehead atoms. The van der Waals surface area contributed by atoms with Crippen molar-refractivity contribution in [1.82, 2.24) is 0 Å². The van der Waals surface area contributed by atoms with Crippen LogP contribution in [0.1, 0.15) is 59.3 Å². The second kappa shape index (κ2) is 10.5.